The minimum absolute atomic E-state index is 0.143. The summed E-state index contributed by atoms with van der Waals surface area (Å²) in [6.45, 7) is 1.05. The van der Waals surface area contributed by atoms with Gasteiger partial charge in [-0.15, -0.1) is 0 Å². The molecule has 1 aliphatic heterocycles. The van der Waals surface area contributed by atoms with Gasteiger partial charge in [-0.25, -0.2) is 4.79 Å². The molecule has 0 atom stereocenters. The van der Waals surface area contributed by atoms with E-state index in [9.17, 15) is 14.4 Å². The summed E-state index contributed by atoms with van der Waals surface area (Å²) in [5.41, 5.74) is 2.14. The van der Waals surface area contributed by atoms with Crippen LogP contribution in [0.15, 0.2) is 59.9 Å². The summed E-state index contributed by atoms with van der Waals surface area (Å²) in [6, 6.07) is 13.5. The number of carboxylic acid groups (broad SMARTS) is 1. The van der Waals surface area contributed by atoms with E-state index in [0.717, 1.165) is 32.4 Å². The highest BCUT2D eigenvalue weighted by atomic mass is 16.5. The van der Waals surface area contributed by atoms with E-state index in [4.69, 9.17) is 9.84 Å². The second kappa shape index (κ2) is 8.41. The molecule has 0 saturated carbocycles. The second-order valence-electron chi connectivity index (χ2n) is 7.31. The van der Waals surface area contributed by atoms with Crippen molar-refractivity contribution in [3.8, 4) is 5.75 Å². The highest BCUT2D eigenvalue weighted by Gasteiger charge is 2.35. The van der Waals surface area contributed by atoms with Crippen molar-refractivity contribution in [3.05, 3.63) is 71.1 Å². The van der Waals surface area contributed by atoms with Gasteiger partial charge in [-0.2, -0.15) is 0 Å². The number of rotatable bonds is 6. The average Bonchev–Trinajstić information content (AvgIpc) is 2.77. The minimum Gasteiger partial charge on any atom is -0.482 e. The van der Waals surface area contributed by atoms with Gasteiger partial charge in [0, 0.05) is 29.9 Å². The summed E-state index contributed by atoms with van der Waals surface area (Å²) < 4.78 is 5.14. The molecule has 7 nitrogen and oxygen atoms in total. The highest BCUT2D eigenvalue weighted by Crippen LogP contribution is 2.31. The number of hydrogen-bond donors (Lipinski definition) is 2. The zero-order valence-corrected chi connectivity index (χ0v) is 16.4. The quantitative estimate of drug-likeness (QED) is 0.760. The molecule has 2 aromatic carbocycles. The Hall–Kier alpha value is -3.61. The topological polar surface area (TPSA) is 95.9 Å². The molecular formula is C23H22N2O5. The minimum atomic E-state index is -1.06. The summed E-state index contributed by atoms with van der Waals surface area (Å²) in [5.74, 6) is -1.00. The maximum atomic E-state index is 13.3. The first-order valence-corrected chi connectivity index (χ1v) is 9.94. The van der Waals surface area contributed by atoms with Crippen LogP contribution in [0.4, 0.5) is 5.69 Å². The number of nitrogens with one attached hydrogen (secondary N) is 1. The predicted molar refractivity (Wildman–Crippen MR) is 111 cm³/mol. The molecule has 1 fully saturated rings. The van der Waals surface area contributed by atoms with E-state index in [0.29, 0.717) is 28.3 Å². The van der Waals surface area contributed by atoms with Gasteiger partial charge in [0.25, 0.3) is 0 Å². The number of carbonyl (C=O) groups excluding carboxylic acids is 2. The number of carbonyl (C=O) groups is 3. The van der Waals surface area contributed by atoms with E-state index < -0.39 is 12.6 Å². The van der Waals surface area contributed by atoms with Crippen LogP contribution in [-0.2, 0) is 4.79 Å². The Balaban J connectivity index is 1.67. The van der Waals surface area contributed by atoms with Crippen LogP contribution in [0.3, 0.4) is 0 Å². The first-order valence-electron chi connectivity index (χ1n) is 9.94. The number of anilines is 1. The zero-order valence-electron chi connectivity index (χ0n) is 16.4. The van der Waals surface area contributed by atoms with E-state index >= 15 is 0 Å². The molecule has 7 heteroatoms. The SMILES string of the molecule is O=C(O)COc1ccc(NC2=C(N3CCCCC3)C(=O)c3ccccc3C2=O)cc1. The van der Waals surface area contributed by atoms with Crippen LogP contribution >= 0.6 is 0 Å². The van der Waals surface area contributed by atoms with Crippen LogP contribution in [0.1, 0.15) is 40.0 Å². The molecule has 2 aliphatic rings. The fourth-order valence-corrected chi connectivity index (χ4v) is 3.82. The smallest absolute Gasteiger partial charge is 0.341 e. The third-order valence-electron chi connectivity index (χ3n) is 5.25. The maximum Gasteiger partial charge on any atom is 0.341 e. The van der Waals surface area contributed by atoms with Gasteiger partial charge in [-0.1, -0.05) is 24.3 Å². The fraction of sp³-hybridized carbons (Fsp3) is 0.261. The van der Waals surface area contributed by atoms with Crippen molar-refractivity contribution in [1.82, 2.24) is 4.90 Å². The van der Waals surface area contributed by atoms with Gasteiger partial charge in [0.15, 0.2) is 6.61 Å². The van der Waals surface area contributed by atoms with Gasteiger partial charge in [-0.3, -0.25) is 9.59 Å². The lowest BCUT2D eigenvalue weighted by Gasteiger charge is -2.34. The van der Waals surface area contributed by atoms with Crippen LogP contribution in [0.2, 0.25) is 0 Å². The van der Waals surface area contributed by atoms with E-state index in [1.165, 1.54) is 0 Å². The maximum absolute atomic E-state index is 13.3. The van der Waals surface area contributed by atoms with Crippen LogP contribution in [0.25, 0.3) is 0 Å². The van der Waals surface area contributed by atoms with Gasteiger partial charge in [-0.05, 0) is 43.5 Å². The monoisotopic (exact) mass is 406 g/mol. The number of aliphatic carboxylic acids is 1. The summed E-state index contributed by atoms with van der Waals surface area (Å²) >= 11 is 0. The number of ketones is 2. The van der Waals surface area contributed by atoms with Crippen molar-refractivity contribution >= 4 is 23.2 Å². The summed E-state index contributed by atoms with van der Waals surface area (Å²) in [4.78, 5) is 39.2. The Bertz CT molecular complexity index is 1020. The lowest BCUT2D eigenvalue weighted by Crippen LogP contribution is -2.39. The molecule has 1 aliphatic carbocycles. The number of allylic oxidation sites excluding steroid dienone is 2. The standard InChI is InChI=1S/C23H22N2O5/c26-19(27)14-30-16-10-8-15(9-11-16)24-20-21(25-12-4-1-5-13-25)23(29)18-7-3-2-6-17(18)22(20)28/h2-3,6-11,24H,1,4-5,12-14H2,(H,26,27). The summed E-state index contributed by atoms with van der Waals surface area (Å²) in [6.07, 6.45) is 3.08. The van der Waals surface area contributed by atoms with Crippen LogP contribution in [-0.4, -0.2) is 47.2 Å². The molecule has 0 bridgehead atoms. The Morgan fingerprint density at radius 1 is 0.933 bits per heavy atom. The van der Waals surface area contributed by atoms with E-state index in [2.05, 4.69) is 5.32 Å². The van der Waals surface area contributed by atoms with Crippen LogP contribution < -0.4 is 10.1 Å². The van der Waals surface area contributed by atoms with Crippen molar-refractivity contribution in [1.29, 1.82) is 0 Å². The molecule has 154 valence electrons. The van der Waals surface area contributed by atoms with Gasteiger partial charge >= 0.3 is 5.97 Å². The summed E-state index contributed by atoms with van der Waals surface area (Å²) in [7, 11) is 0. The van der Waals surface area contributed by atoms with Crippen LogP contribution in [0, 0.1) is 0 Å². The van der Waals surface area contributed by atoms with Crippen molar-refractivity contribution in [2.45, 2.75) is 19.3 Å². The first-order chi connectivity index (χ1) is 14.5. The van der Waals surface area contributed by atoms with Crippen molar-refractivity contribution in [2.75, 3.05) is 25.0 Å². The molecule has 30 heavy (non-hydrogen) atoms. The predicted octanol–water partition coefficient (Wildman–Crippen LogP) is 3.34. The molecule has 0 unspecified atom stereocenters. The number of likely N-dealkylation sites (tertiary alicyclic amines) is 1. The van der Waals surface area contributed by atoms with Crippen molar-refractivity contribution < 1.29 is 24.2 Å². The number of piperidine rings is 1. The number of nitrogens with zero attached hydrogens (tertiary/aromatic N) is 1. The molecule has 0 radical (unpaired) electrons. The third-order valence-corrected chi connectivity index (χ3v) is 5.25. The van der Waals surface area contributed by atoms with E-state index in [1.54, 1.807) is 48.5 Å². The Labute approximate surface area is 174 Å². The Morgan fingerprint density at radius 2 is 1.57 bits per heavy atom. The number of hydrogen-bond acceptors (Lipinski definition) is 6. The normalized spacial score (nSPS) is 16.3. The molecule has 1 saturated heterocycles. The van der Waals surface area contributed by atoms with Gasteiger partial charge in [0.05, 0.1) is 0 Å². The first kappa shape index (κ1) is 19.7. The van der Waals surface area contributed by atoms with Crippen LogP contribution in [0.5, 0.6) is 5.75 Å². The largest absolute Gasteiger partial charge is 0.482 e. The Kier molecular flexibility index (Phi) is 5.52. The second-order valence-corrected chi connectivity index (χ2v) is 7.31. The van der Waals surface area contributed by atoms with Gasteiger partial charge in [0.2, 0.25) is 11.6 Å². The molecule has 0 spiro atoms. The number of carboxylic acids is 1. The van der Waals surface area contributed by atoms with Crippen molar-refractivity contribution in [2.24, 2.45) is 0 Å². The molecule has 2 aromatic rings. The Morgan fingerprint density at radius 3 is 2.20 bits per heavy atom. The number of benzene rings is 2. The van der Waals surface area contributed by atoms with Crippen molar-refractivity contribution in [3.63, 3.8) is 0 Å². The fourth-order valence-electron chi connectivity index (χ4n) is 3.82. The summed E-state index contributed by atoms with van der Waals surface area (Å²) in [5, 5.41) is 11.9. The number of fused-ring (bicyclic) bond motifs is 1. The molecule has 4 rings (SSSR count). The van der Waals surface area contributed by atoms with E-state index in [-0.39, 0.29) is 17.3 Å². The van der Waals surface area contributed by atoms with Gasteiger partial charge in [0.1, 0.15) is 17.1 Å². The molecule has 1 heterocycles. The zero-order chi connectivity index (χ0) is 21.1. The molecule has 2 N–H and O–H groups in total. The molecule has 0 aromatic heterocycles. The average molecular weight is 406 g/mol. The number of ether oxygens (including phenoxy) is 1. The van der Waals surface area contributed by atoms with Gasteiger partial charge < -0.3 is 20.1 Å². The number of Topliss-reactive ketones (excluding diaryl/α,β-unsaturated/α-hetero) is 2. The highest BCUT2D eigenvalue weighted by molar-refractivity contribution is 6.27. The van der Waals surface area contributed by atoms with E-state index in [1.807, 2.05) is 4.90 Å². The molecular weight excluding hydrogens is 384 g/mol. The third kappa shape index (κ3) is 3.91. The lowest BCUT2D eigenvalue weighted by atomic mass is 9.89. The lowest BCUT2D eigenvalue weighted by molar-refractivity contribution is -0.139. The molecule has 0 amide bonds.